The Morgan fingerprint density at radius 1 is 1.26 bits per heavy atom. The van der Waals surface area contributed by atoms with Gasteiger partial charge in [0.1, 0.15) is 0 Å². The van der Waals surface area contributed by atoms with Crippen LogP contribution in [0.1, 0.15) is 17.2 Å². The van der Waals surface area contributed by atoms with E-state index < -0.39 is 6.10 Å². The number of benzene rings is 2. The number of aliphatic hydroxyl groups excluding tert-OH is 1. The summed E-state index contributed by atoms with van der Waals surface area (Å²) < 4.78 is 1.02. The van der Waals surface area contributed by atoms with Crippen molar-refractivity contribution >= 4 is 33.2 Å². The molecule has 0 amide bonds. The van der Waals surface area contributed by atoms with Gasteiger partial charge in [-0.2, -0.15) is 0 Å². The molecule has 2 aromatic rings. The minimum atomic E-state index is -0.631. The molecule has 0 spiro atoms. The zero-order valence-electron chi connectivity index (χ0n) is 10.5. The fourth-order valence-electron chi connectivity index (χ4n) is 1.91. The molecule has 2 rings (SSSR count). The Hall–Kier alpha value is -1.03. The van der Waals surface area contributed by atoms with Crippen molar-refractivity contribution in [3.05, 3.63) is 63.1 Å². The highest BCUT2D eigenvalue weighted by Crippen LogP contribution is 2.24. The first kappa shape index (κ1) is 14.4. The summed E-state index contributed by atoms with van der Waals surface area (Å²) in [7, 11) is 0. The van der Waals surface area contributed by atoms with Crippen molar-refractivity contribution in [2.45, 2.75) is 13.0 Å². The quantitative estimate of drug-likeness (QED) is 0.855. The number of nitrogens with one attached hydrogen (secondary N) is 1. The molecule has 2 aromatic carbocycles. The maximum Gasteiger partial charge on any atom is 0.0976 e. The maximum absolute atomic E-state index is 10.1. The van der Waals surface area contributed by atoms with Crippen molar-refractivity contribution in [3.63, 3.8) is 0 Å². The van der Waals surface area contributed by atoms with Gasteiger partial charge in [-0.1, -0.05) is 45.7 Å². The minimum Gasteiger partial charge on any atom is -0.387 e. The van der Waals surface area contributed by atoms with Gasteiger partial charge in [-0.25, -0.2) is 0 Å². The molecule has 2 N–H and O–H groups in total. The van der Waals surface area contributed by atoms with Crippen LogP contribution >= 0.6 is 27.5 Å². The molecular weight excluding hydrogens is 326 g/mol. The van der Waals surface area contributed by atoms with E-state index in [0.29, 0.717) is 11.6 Å². The Bertz CT molecular complexity index is 554. The maximum atomic E-state index is 10.1. The van der Waals surface area contributed by atoms with Gasteiger partial charge in [-0.3, -0.25) is 0 Å². The van der Waals surface area contributed by atoms with Gasteiger partial charge in [0.15, 0.2) is 0 Å². The van der Waals surface area contributed by atoms with Gasteiger partial charge in [0.05, 0.1) is 6.10 Å². The topological polar surface area (TPSA) is 32.3 Å². The van der Waals surface area contributed by atoms with E-state index in [1.807, 2.05) is 43.3 Å². The summed E-state index contributed by atoms with van der Waals surface area (Å²) in [6.07, 6.45) is -0.631. The molecule has 0 aromatic heterocycles. The van der Waals surface area contributed by atoms with Crippen molar-refractivity contribution in [3.8, 4) is 0 Å². The second-order valence-electron chi connectivity index (χ2n) is 4.44. The van der Waals surface area contributed by atoms with Gasteiger partial charge in [0, 0.05) is 27.3 Å². The van der Waals surface area contributed by atoms with Gasteiger partial charge < -0.3 is 10.4 Å². The van der Waals surface area contributed by atoms with Gasteiger partial charge in [0.25, 0.3) is 0 Å². The van der Waals surface area contributed by atoms with Crippen LogP contribution in [0.5, 0.6) is 0 Å². The van der Waals surface area contributed by atoms with Gasteiger partial charge in [-0.05, 0) is 36.8 Å². The Balaban J connectivity index is 2.04. The lowest BCUT2D eigenvalue weighted by atomic mass is 10.1. The van der Waals surface area contributed by atoms with Crippen molar-refractivity contribution in [2.75, 3.05) is 11.9 Å². The summed E-state index contributed by atoms with van der Waals surface area (Å²) in [5.74, 6) is 0. The zero-order chi connectivity index (χ0) is 13.8. The van der Waals surface area contributed by atoms with E-state index in [1.165, 1.54) is 0 Å². The number of anilines is 1. The number of halogens is 2. The molecule has 0 aliphatic rings. The molecule has 1 atom stereocenters. The van der Waals surface area contributed by atoms with Crippen LogP contribution in [-0.4, -0.2) is 11.7 Å². The van der Waals surface area contributed by atoms with Crippen molar-refractivity contribution in [1.29, 1.82) is 0 Å². The van der Waals surface area contributed by atoms with Crippen LogP contribution in [-0.2, 0) is 0 Å². The molecule has 0 saturated carbocycles. The van der Waals surface area contributed by atoms with Gasteiger partial charge >= 0.3 is 0 Å². The summed E-state index contributed by atoms with van der Waals surface area (Å²) in [6, 6.07) is 13.4. The van der Waals surface area contributed by atoms with E-state index in [1.54, 1.807) is 6.07 Å². The van der Waals surface area contributed by atoms with E-state index >= 15 is 0 Å². The third kappa shape index (κ3) is 3.96. The molecule has 100 valence electrons. The minimum absolute atomic E-state index is 0.416. The van der Waals surface area contributed by atoms with Crippen molar-refractivity contribution in [2.24, 2.45) is 0 Å². The van der Waals surface area contributed by atoms with Gasteiger partial charge in [-0.15, -0.1) is 0 Å². The number of aryl methyl sites for hydroxylation is 1. The molecule has 1 unspecified atom stereocenters. The lowest BCUT2D eigenvalue weighted by Gasteiger charge is -2.15. The fraction of sp³-hybridized carbons (Fsp3) is 0.200. The largest absolute Gasteiger partial charge is 0.387 e. The molecule has 0 fully saturated rings. The van der Waals surface area contributed by atoms with Crippen molar-refractivity contribution in [1.82, 2.24) is 0 Å². The SMILES string of the molecule is Cc1cc(Br)cc(NCC(O)c2ccccc2Cl)c1. The van der Waals surface area contributed by atoms with E-state index in [4.69, 9.17) is 11.6 Å². The second kappa shape index (κ2) is 6.42. The highest BCUT2D eigenvalue weighted by molar-refractivity contribution is 9.10. The number of hydrogen-bond acceptors (Lipinski definition) is 2. The summed E-state index contributed by atoms with van der Waals surface area (Å²) in [6.45, 7) is 2.44. The first-order valence-corrected chi connectivity index (χ1v) is 7.17. The predicted octanol–water partition coefficient (Wildman–Crippen LogP) is 4.56. The average molecular weight is 341 g/mol. The molecule has 19 heavy (non-hydrogen) atoms. The molecule has 0 bridgehead atoms. The number of hydrogen-bond donors (Lipinski definition) is 2. The number of rotatable bonds is 4. The number of aliphatic hydroxyl groups is 1. The Morgan fingerprint density at radius 3 is 2.68 bits per heavy atom. The highest BCUT2D eigenvalue weighted by atomic mass is 79.9. The lowest BCUT2D eigenvalue weighted by molar-refractivity contribution is 0.192. The van der Waals surface area contributed by atoms with Crippen molar-refractivity contribution < 1.29 is 5.11 Å². The van der Waals surface area contributed by atoms with Crippen LogP contribution in [0.2, 0.25) is 5.02 Å². The summed E-state index contributed by atoms with van der Waals surface area (Å²) in [5.41, 5.74) is 2.87. The zero-order valence-corrected chi connectivity index (χ0v) is 12.9. The first-order valence-electron chi connectivity index (χ1n) is 6.00. The summed E-state index contributed by atoms with van der Waals surface area (Å²) in [5, 5.41) is 13.9. The molecule has 0 saturated heterocycles. The summed E-state index contributed by atoms with van der Waals surface area (Å²) >= 11 is 9.51. The normalized spacial score (nSPS) is 12.2. The molecule has 0 radical (unpaired) electrons. The third-order valence-electron chi connectivity index (χ3n) is 2.81. The monoisotopic (exact) mass is 339 g/mol. The molecule has 0 aliphatic heterocycles. The van der Waals surface area contributed by atoms with Crippen LogP contribution in [0.25, 0.3) is 0 Å². The van der Waals surface area contributed by atoms with Crippen LogP contribution in [0, 0.1) is 6.92 Å². The third-order valence-corrected chi connectivity index (χ3v) is 3.61. The van der Waals surface area contributed by atoms with E-state index in [2.05, 4.69) is 21.2 Å². The Morgan fingerprint density at radius 2 is 2.00 bits per heavy atom. The average Bonchev–Trinajstić information content (AvgIpc) is 2.35. The van der Waals surface area contributed by atoms with Crippen LogP contribution in [0.15, 0.2) is 46.9 Å². The smallest absolute Gasteiger partial charge is 0.0976 e. The van der Waals surface area contributed by atoms with Crippen LogP contribution in [0.4, 0.5) is 5.69 Å². The summed E-state index contributed by atoms with van der Waals surface area (Å²) in [4.78, 5) is 0. The highest BCUT2D eigenvalue weighted by Gasteiger charge is 2.10. The van der Waals surface area contributed by atoms with Crippen LogP contribution < -0.4 is 5.32 Å². The lowest BCUT2D eigenvalue weighted by Crippen LogP contribution is -2.12. The second-order valence-corrected chi connectivity index (χ2v) is 5.76. The Labute approximate surface area is 126 Å². The van der Waals surface area contributed by atoms with E-state index in [9.17, 15) is 5.11 Å². The molecular formula is C15H15BrClNO. The molecule has 0 heterocycles. The predicted molar refractivity (Wildman–Crippen MR) is 83.8 cm³/mol. The standard InChI is InChI=1S/C15H15BrClNO/c1-10-6-11(16)8-12(7-10)18-9-15(19)13-4-2-3-5-14(13)17/h2-8,15,18-19H,9H2,1H3. The Kier molecular flexibility index (Phi) is 4.86. The first-order chi connectivity index (χ1) is 9.06. The molecule has 0 aliphatic carbocycles. The van der Waals surface area contributed by atoms with E-state index in [0.717, 1.165) is 21.3 Å². The molecule has 2 nitrogen and oxygen atoms in total. The van der Waals surface area contributed by atoms with E-state index in [-0.39, 0.29) is 0 Å². The van der Waals surface area contributed by atoms with Crippen LogP contribution in [0.3, 0.4) is 0 Å². The fourth-order valence-corrected chi connectivity index (χ4v) is 2.78. The van der Waals surface area contributed by atoms with Gasteiger partial charge in [0.2, 0.25) is 0 Å². The molecule has 4 heteroatoms.